The molecule has 1 aliphatic rings. The number of fused-ring (bicyclic) bond motifs is 10. The molecular weight excluding hydrogens is 548 g/mol. The van der Waals surface area contributed by atoms with E-state index in [1.54, 1.807) is 0 Å². The molecule has 2 aromatic heterocycles. The molecule has 2 heterocycles. The third-order valence-corrected chi connectivity index (χ3v) is 9.72. The van der Waals surface area contributed by atoms with Crippen LogP contribution in [-0.2, 0) is 5.41 Å². The molecule has 1 aliphatic carbocycles. The number of aromatic nitrogens is 2. The summed E-state index contributed by atoms with van der Waals surface area (Å²) in [4.78, 5) is 0. The number of nitriles is 2. The van der Waals surface area contributed by atoms with Crippen LogP contribution >= 0.6 is 0 Å². The van der Waals surface area contributed by atoms with Gasteiger partial charge in [-0.2, -0.15) is 10.5 Å². The lowest BCUT2D eigenvalue weighted by atomic mass is 9.80. The van der Waals surface area contributed by atoms with Gasteiger partial charge in [0.05, 0.1) is 45.3 Å². The van der Waals surface area contributed by atoms with Gasteiger partial charge in [0.25, 0.3) is 0 Å². The predicted octanol–water partition coefficient (Wildman–Crippen LogP) is 9.93. The largest absolute Gasteiger partial charge is 0.309 e. The van der Waals surface area contributed by atoms with Crippen LogP contribution in [0.25, 0.3) is 66.1 Å². The summed E-state index contributed by atoms with van der Waals surface area (Å²) in [7, 11) is 0. The van der Waals surface area contributed by atoms with E-state index in [-0.39, 0.29) is 5.41 Å². The number of hydrogen-bond donors (Lipinski definition) is 0. The highest BCUT2D eigenvalue weighted by Crippen LogP contribution is 2.53. The molecule has 0 atom stereocenters. The Labute approximate surface area is 260 Å². The molecule has 0 spiro atoms. The summed E-state index contributed by atoms with van der Waals surface area (Å²) in [6.45, 7) is 4.63. The Balaban J connectivity index is 1.35. The average molecular weight is 575 g/mol. The Bertz CT molecular complexity index is 2650. The van der Waals surface area contributed by atoms with Crippen molar-refractivity contribution in [3.05, 3.63) is 144 Å². The molecule has 0 unspecified atom stereocenters. The van der Waals surface area contributed by atoms with E-state index in [0.29, 0.717) is 11.1 Å². The first-order chi connectivity index (χ1) is 22.0. The number of para-hydroxylation sites is 1. The Morgan fingerprint density at radius 1 is 0.511 bits per heavy atom. The fourth-order valence-corrected chi connectivity index (χ4v) is 7.82. The Kier molecular flexibility index (Phi) is 5.06. The van der Waals surface area contributed by atoms with Crippen LogP contribution in [0.1, 0.15) is 36.1 Å². The number of hydrogen-bond acceptors (Lipinski definition) is 2. The molecule has 0 aliphatic heterocycles. The van der Waals surface area contributed by atoms with Gasteiger partial charge in [-0.1, -0.05) is 68.4 Å². The van der Waals surface area contributed by atoms with Crippen molar-refractivity contribution < 1.29 is 0 Å². The van der Waals surface area contributed by atoms with Crippen molar-refractivity contribution in [2.24, 2.45) is 0 Å². The lowest BCUT2D eigenvalue weighted by Gasteiger charge is -2.22. The second kappa shape index (κ2) is 8.96. The van der Waals surface area contributed by atoms with Gasteiger partial charge in [0.2, 0.25) is 0 Å². The molecule has 0 bridgehead atoms. The maximum atomic E-state index is 9.90. The SMILES string of the molecule is CC1(C)c2ccccc2-c2ccc3c(c21)c1cc(C#N)ccc1n3-c1cccc(-n2c3ccccc3c3cc(C#N)ccc32)c1. The topological polar surface area (TPSA) is 57.4 Å². The van der Waals surface area contributed by atoms with Crippen LogP contribution in [0.2, 0.25) is 0 Å². The van der Waals surface area contributed by atoms with E-state index in [9.17, 15) is 10.5 Å². The zero-order chi connectivity index (χ0) is 30.4. The second-order valence-electron chi connectivity index (χ2n) is 12.4. The van der Waals surface area contributed by atoms with Crippen molar-refractivity contribution >= 4 is 43.6 Å². The molecule has 0 saturated heterocycles. The Hall–Kier alpha value is -6.10. The van der Waals surface area contributed by atoms with Crippen molar-refractivity contribution in [2.45, 2.75) is 19.3 Å². The van der Waals surface area contributed by atoms with Gasteiger partial charge in [0, 0.05) is 38.3 Å². The quantitative estimate of drug-likeness (QED) is 0.206. The van der Waals surface area contributed by atoms with Crippen LogP contribution in [0, 0.1) is 22.7 Å². The van der Waals surface area contributed by atoms with Crippen LogP contribution in [0.15, 0.2) is 121 Å². The molecule has 9 rings (SSSR count). The lowest BCUT2D eigenvalue weighted by Crippen LogP contribution is -2.15. The molecule has 0 fully saturated rings. The third-order valence-electron chi connectivity index (χ3n) is 9.72. The molecule has 0 amide bonds. The molecule has 0 N–H and O–H groups in total. The summed E-state index contributed by atoms with van der Waals surface area (Å²) < 4.78 is 4.63. The minimum absolute atomic E-state index is 0.194. The van der Waals surface area contributed by atoms with Gasteiger partial charge in [0.15, 0.2) is 0 Å². The summed E-state index contributed by atoms with van der Waals surface area (Å²) in [6, 6.07) is 46.9. The van der Waals surface area contributed by atoms with Gasteiger partial charge in [0.1, 0.15) is 0 Å². The molecule has 210 valence electrons. The fraction of sp³-hybridized carbons (Fsp3) is 0.0732. The van der Waals surface area contributed by atoms with E-state index in [1.165, 1.54) is 27.6 Å². The molecule has 4 nitrogen and oxygen atoms in total. The van der Waals surface area contributed by atoms with Crippen molar-refractivity contribution in [3.63, 3.8) is 0 Å². The Morgan fingerprint density at radius 2 is 1.11 bits per heavy atom. The smallest absolute Gasteiger partial charge is 0.0991 e. The molecule has 4 heteroatoms. The summed E-state index contributed by atoms with van der Waals surface area (Å²) in [5.74, 6) is 0. The van der Waals surface area contributed by atoms with E-state index in [2.05, 4.69) is 126 Å². The van der Waals surface area contributed by atoms with E-state index in [4.69, 9.17) is 0 Å². The molecule has 0 radical (unpaired) electrons. The first-order valence-corrected chi connectivity index (χ1v) is 15.2. The van der Waals surface area contributed by atoms with Crippen molar-refractivity contribution in [1.29, 1.82) is 10.5 Å². The van der Waals surface area contributed by atoms with Gasteiger partial charge in [-0.05, 0) is 89.0 Å². The first-order valence-electron chi connectivity index (χ1n) is 15.2. The van der Waals surface area contributed by atoms with Crippen LogP contribution in [0.3, 0.4) is 0 Å². The van der Waals surface area contributed by atoms with Crippen LogP contribution in [0.5, 0.6) is 0 Å². The molecular formula is C41H26N4. The second-order valence-corrected chi connectivity index (χ2v) is 12.4. The van der Waals surface area contributed by atoms with Gasteiger partial charge < -0.3 is 9.13 Å². The normalized spacial score (nSPS) is 13.2. The van der Waals surface area contributed by atoms with Crippen LogP contribution in [0.4, 0.5) is 0 Å². The number of rotatable bonds is 2. The standard InChI is InChI=1S/C41H26N4/c1-41(2)34-12-5-3-10-29(34)31-16-19-38-39(40(31)41)33-21-26(24-43)15-18-37(33)45(38)28-9-7-8-27(22-28)44-35-13-6-4-11-30(35)32-20-25(23-42)14-17-36(32)44/h3-22H,1-2H3. The zero-order valence-corrected chi connectivity index (χ0v) is 24.8. The van der Waals surface area contributed by atoms with Crippen molar-refractivity contribution in [1.82, 2.24) is 9.13 Å². The highest BCUT2D eigenvalue weighted by Gasteiger charge is 2.38. The van der Waals surface area contributed by atoms with Gasteiger partial charge in [-0.3, -0.25) is 0 Å². The highest BCUT2D eigenvalue weighted by molar-refractivity contribution is 6.15. The minimum atomic E-state index is -0.194. The van der Waals surface area contributed by atoms with Crippen molar-refractivity contribution in [3.8, 4) is 34.6 Å². The Morgan fingerprint density at radius 3 is 1.87 bits per heavy atom. The maximum absolute atomic E-state index is 9.90. The number of nitrogens with zero attached hydrogens (tertiary/aromatic N) is 4. The lowest BCUT2D eigenvalue weighted by molar-refractivity contribution is 0.666. The summed E-state index contributed by atoms with van der Waals surface area (Å²) in [5, 5.41) is 24.0. The molecule has 6 aromatic carbocycles. The zero-order valence-electron chi connectivity index (χ0n) is 24.8. The van der Waals surface area contributed by atoms with Crippen LogP contribution in [-0.4, -0.2) is 9.13 Å². The molecule has 0 saturated carbocycles. The third kappa shape index (κ3) is 3.34. The van der Waals surface area contributed by atoms with Gasteiger partial charge in [-0.15, -0.1) is 0 Å². The monoisotopic (exact) mass is 574 g/mol. The average Bonchev–Trinajstić information content (AvgIpc) is 3.67. The van der Waals surface area contributed by atoms with Crippen molar-refractivity contribution in [2.75, 3.05) is 0 Å². The van der Waals surface area contributed by atoms with E-state index in [0.717, 1.165) is 49.6 Å². The van der Waals surface area contributed by atoms with E-state index < -0.39 is 0 Å². The van der Waals surface area contributed by atoms with E-state index >= 15 is 0 Å². The summed E-state index contributed by atoms with van der Waals surface area (Å²) in [6.07, 6.45) is 0. The number of benzene rings is 6. The molecule has 45 heavy (non-hydrogen) atoms. The highest BCUT2D eigenvalue weighted by atomic mass is 15.0. The summed E-state index contributed by atoms with van der Waals surface area (Å²) >= 11 is 0. The van der Waals surface area contributed by atoms with E-state index in [1.807, 2.05) is 30.3 Å². The van der Waals surface area contributed by atoms with Gasteiger partial charge in [-0.25, -0.2) is 0 Å². The molecule has 8 aromatic rings. The minimum Gasteiger partial charge on any atom is -0.309 e. The summed E-state index contributed by atoms with van der Waals surface area (Å²) in [5.41, 5.74) is 12.7. The first kappa shape index (κ1) is 25.4. The predicted molar refractivity (Wildman–Crippen MR) is 182 cm³/mol. The van der Waals surface area contributed by atoms with Gasteiger partial charge >= 0.3 is 0 Å². The van der Waals surface area contributed by atoms with Crippen LogP contribution < -0.4 is 0 Å². The fourth-order valence-electron chi connectivity index (χ4n) is 7.82. The maximum Gasteiger partial charge on any atom is 0.0991 e.